The second-order valence-corrected chi connectivity index (χ2v) is 28.6. The van der Waals surface area contributed by atoms with Crippen molar-refractivity contribution in [2.24, 2.45) is 82.2 Å². The average Bonchev–Trinajstić information content (AvgIpc) is 3.53. The molecule has 0 nitrogen and oxygen atoms in total. The van der Waals surface area contributed by atoms with Crippen molar-refractivity contribution in [3.63, 3.8) is 0 Å². The number of hydrogen-bond donors (Lipinski definition) is 0. The fraction of sp³-hybridized carbons (Fsp3) is 1.00. The molecule has 326 valence electrons. The van der Waals surface area contributed by atoms with Crippen molar-refractivity contribution in [2.45, 2.75) is 265 Å². The summed E-state index contributed by atoms with van der Waals surface area (Å²) in [6.07, 6.45) is 16.0. The zero-order valence-electron chi connectivity index (χ0n) is 41.4. The molecule has 0 atom stereocenters. The highest BCUT2D eigenvalue weighted by Gasteiger charge is 2.68. The molecule has 0 amide bonds. The lowest BCUT2D eigenvalue weighted by atomic mass is 9.41. The lowest BCUT2D eigenvalue weighted by Crippen LogP contribution is -2.55. The van der Waals surface area contributed by atoms with Gasteiger partial charge in [-0.1, -0.05) is 201 Å². The largest absolute Gasteiger partial charge is 0.0776 e. The first-order chi connectivity index (χ1) is 22.5. The van der Waals surface area contributed by atoms with E-state index in [1.165, 1.54) is 70.6 Å². The van der Waals surface area contributed by atoms with Gasteiger partial charge in [0, 0.05) is 0 Å². The molecule has 5 saturated carbocycles. The van der Waals surface area contributed by atoms with Gasteiger partial charge in [0.15, 0.2) is 0 Å². The Morgan fingerprint density at radius 3 is 0.574 bits per heavy atom. The molecule has 0 radical (unpaired) electrons. The molecule has 0 N–H and O–H groups in total. The van der Waals surface area contributed by atoms with Crippen LogP contribution >= 0.6 is 0 Å². The smallest absolute Gasteiger partial charge is 0.0190 e. The molecule has 0 aromatic heterocycles. The molecule has 0 aliphatic heterocycles. The number of hydrogen-bond acceptors (Lipinski definition) is 0. The molecule has 0 aromatic carbocycles. The summed E-state index contributed by atoms with van der Waals surface area (Å²) in [5, 5.41) is 0. The van der Waals surface area contributed by atoms with Gasteiger partial charge in [0.25, 0.3) is 0 Å². The second kappa shape index (κ2) is 15.9. The van der Waals surface area contributed by atoms with E-state index in [4.69, 9.17) is 0 Å². The topological polar surface area (TPSA) is 0 Å². The van der Waals surface area contributed by atoms with Crippen molar-refractivity contribution in [1.29, 1.82) is 0 Å². The molecular weight excluding hydrogens is 649 g/mol. The van der Waals surface area contributed by atoms with Gasteiger partial charge in [-0.2, -0.15) is 0 Å². The third kappa shape index (κ3) is 9.88. The molecule has 0 saturated heterocycles. The van der Waals surface area contributed by atoms with Gasteiger partial charge in [-0.05, 0) is 146 Å². The van der Waals surface area contributed by atoms with Crippen LogP contribution in [-0.2, 0) is 0 Å². The molecule has 0 aromatic rings. The Kier molecular flexibility index (Phi) is 15.9. The third-order valence-electron chi connectivity index (χ3n) is 17.8. The Morgan fingerprint density at radius 1 is 0.296 bits per heavy atom. The van der Waals surface area contributed by atoms with Crippen molar-refractivity contribution < 1.29 is 0 Å². The summed E-state index contributed by atoms with van der Waals surface area (Å²) < 4.78 is 0. The van der Waals surface area contributed by atoms with Crippen LogP contribution in [0.1, 0.15) is 265 Å². The summed E-state index contributed by atoms with van der Waals surface area (Å²) >= 11 is 0. The molecule has 5 aliphatic carbocycles. The second-order valence-electron chi connectivity index (χ2n) is 28.6. The predicted molar refractivity (Wildman–Crippen MR) is 250 cm³/mol. The van der Waals surface area contributed by atoms with Crippen LogP contribution in [0.5, 0.6) is 0 Å². The van der Waals surface area contributed by atoms with Crippen LogP contribution in [0.25, 0.3) is 0 Å². The van der Waals surface area contributed by atoms with Crippen LogP contribution in [0, 0.1) is 82.2 Å². The van der Waals surface area contributed by atoms with Gasteiger partial charge < -0.3 is 0 Å². The summed E-state index contributed by atoms with van der Waals surface area (Å²) in [7, 11) is 0. The van der Waals surface area contributed by atoms with E-state index in [1.54, 1.807) is 0 Å². The zero-order valence-corrected chi connectivity index (χ0v) is 41.4. The van der Waals surface area contributed by atoms with Crippen molar-refractivity contribution in [3.8, 4) is 0 Å². The fourth-order valence-electron chi connectivity index (χ4n) is 14.1. The first-order valence-corrected chi connectivity index (χ1v) is 22.5. The van der Waals surface area contributed by atoms with Crippen LogP contribution in [0.3, 0.4) is 0 Å². The van der Waals surface area contributed by atoms with Gasteiger partial charge in [-0.3, -0.25) is 0 Å². The Morgan fingerprint density at radius 2 is 0.500 bits per heavy atom. The van der Waals surface area contributed by atoms with Crippen LogP contribution in [-0.4, -0.2) is 0 Å². The molecule has 0 heteroatoms. The molecule has 0 unspecified atom stereocenters. The minimum absolute atomic E-state index is 0. The lowest BCUT2D eigenvalue weighted by Gasteiger charge is -2.64. The van der Waals surface area contributed by atoms with Gasteiger partial charge in [-0.25, -0.2) is 0 Å². The van der Waals surface area contributed by atoms with Crippen molar-refractivity contribution in [1.82, 2.24) is 0 Å². The molecular formula is C54H110. The van der Waals surface area contributed by atoms with Gasteiger partial charge in [0.1, 0.15) is 0 Å². The quantitative estimate of drug-likeness (QED) is 0.231. The summed E-state index contributed by atoms with van der Waals surface area (Å²) in [6, 6.07) is 0. The van der Waals surface area contributed by atoms with E-state index >= 15 is 0 Å². The summed E-state index contributed by atoms with van der Waals surface area (Å²) in [5.74, 6) is 1.89. The van der Waals surface area contributed by atoms with Crippen LogP contribution in [0.2, 0.25) is 0 Å². The minimum Gasteiger partial charge on any atom is -0.0776 e. The van der Waals surface area contributed by atoms with E-state index in [1.807, 2.05) is 0 Å². The Labute approximate surface area is 346 Å². The van der Waals surface area contributed by atoms with Gasteiger partial charge >= 0.3 is 0 Å². The zero-order chi connectivity index (χ0) is 41.4. The highest BCUT2D eigenvalue weighted by Crippen LogP contribution is 2.77. The molecule has 0 heterocycles. The Hall–Kier alpha value is 0. The SMILES string of the molecule is C.C.CC(C)(C)C1(C(C)(C)C)CC2(CC2)C1.CC(C)(C)C1(C(C)(C)C)CCC1.CC1CC(C(C)(C)C)(C(C)(C)C)C1.CC1CC(C(C)(C)C)(C(C)(C)C)C1. The minimum atomic E-state index is 0. The third-order valence-corrected chi connectivity index (χ3v) is 17.8. The summed E-state index contributed by atoms with van der Waals surface area (Å²) in [4.78, 5) is 0. The van der Waals surface area contributed by atoms with E-state index in [-0.39, 0.29) is 14.9 Å². The van der Waals surface area contributed by atoms with Gasteiger partial charge in [-0.15, -0.1) is 0 Å². The van der Waals surface area contributed by atoms with E-state index in [0.29, 0.717) is 65.0 Å². The highest BCUT2D eigenvalue weighted by molar-refractivity contribution is 5.17. The van der Waals surface area contributed by atoms with Crippen LogP contribution < -0.4 is 0 Å². The molecule has 1 spiro atoms. The first-order valence-electron chi connectivity index (χ1n) is 22.5. The Bertz CT molecular complexity index is 1020. The summed E-state index contributed by atoms with van der Waals surface area (Å²) in [5.41, 5.74) is 6.87. The maximum absolute atomic E-state index is 2.44. The summed E-state index contributed by atoms with van der Waals surface area (Å²) in [6.45, 7) is 62.7. The van der Waals surface area contributed by atoms with Crippen molar-refractivity contribution >= 4 is 0 Å². The van der Waals surface area contributed by atoms with Crippen LogP contribution in [0.4, 0.5) is 0 Å². The molecule has 54 heavy (non-hydrogen) atoms. The standard InChI is InChI=1S/C14H26.2C13H26.C12H24.2CH4/c1-11(2,3)14(12(4,5)6)9-13(10-14)7-8-13;2*1-10-8-13(9-10,11(2,3)4)12(5,6)7;1-10(2,3)12(8-7-9-12)11(4,5)6;;/h7-10H2,1-6H3;2*10H,8-9H2,1-7H3;7-9H2,1-6H3;2*1H4. The van der Waals surface area contributed by atoms with Crippen molar-refractivity contribution in [2.75, 3.05) is 0 Å². The van der Waals surface area contributed by atoms with Gasteiger partial charge in [0.2, 0.25) is 0 Å². The Balaban J connectivity index is 0.000000686. The average molecular weight is 759 g/mol. The van der Waals surface area contributed by atoms with Gasteiger partial charge in [0.05, 0.1) is 0 Å². The monoisotopic (exact) mass is 759 g/mol. The van der Waals surface area contributed by atoms with Crippen molar-refractivity contribution in [3.05, 3.63) is 0 Å². The fourth-order valence-corrected chi connectivity index (χ4v) is 14.1. The maximum Gasteiger partial charge on any atom is -0.0190 e. The first kappa shape index (κ1) is 54.0. The van der Waals surface area contributed by atoms with Crippen LogP contribution in [0.15, 0.2) is 0 Å². The van der Waals surface area contributed by atoms with E-state index in [9.17, 15) is 0 Å². The normalized spacial score (nSPS) is 24.3. The van der Waals surface area contributed by atoms with E-state index < -0.39 is 0 Å². The van der Waals surface area contributed by atoms with E-state index in [0.717, 1.165) is 17.3 Å². The lowest BCUT2D eigenvalue weighted by molar-refractivity contribution is -0.146. The molecule has 5 fully saturated rings. The number of rotatable bonds is 0. The maximum atomic E-state index is 2.44. The predicted octanol–water partition coefficient (Wildman–Crippen LogP) is 19.1. The molecule has 5 rings (SSSR count). The van der Waals surface area contributed by atoms with E-state index in [2.05, 4.69) is 180 Å². The molecule has 0 bridgehead atoms. The molecule has 5 aliphatic rings. The highest BCUT2D eigenvalue weighted by atomic mass is 14.7.